The standard InChI is InChI=1S/C12H16N6O3/c1-6-10(7(2)18-17-6)16-12(21)15-9(11(19)20)3-8-4-13-5-14-8/h4-5,9H,3H2,1-2H3,(H,13,14)(H,17,18)(H,19,20)(H2,15,16,21)/t9-/m0/s1. The molecule has 0 spiro atoms. The number of rotatable bonds is 5. The lowest BCUT2D eigenvalue weighted by Crippen LogP contribution is -2.44. The number of carbonyl (C=O) groups is 2. The summed E-state index contributed by atoms with van der Waals surface area (Å²) in [5.41, 5.74) is 2.49. The zero-order valence-electron chi connectivity index (χ0n) is 11.6. The van der Waals surface area contributed by atoms with Crippen LogP contribution < -0.4 is 10.6 Å². The molecule has 0 saturated heterocycles. The second-order valence-corrected chi connectivity index (χ2v) is 4.58. The van der Waals surface area contributed by atoms with E-state index < -0.39 is 18.0 Å². The Hall–Kier alpha value is -2.84. The van der Waals surface area contributed by atoms with Crippen molar-refractivity contribution < 1.29 is 14.7 Å². The Bertz CT molecular complexity index is 614. The maximum absolute atomic E-state index is 11.9. The van der Waals surface area contributed by atoms with Gasteiger partial charge >= 0.3 is 12.0 Å². The highest BCUT2D eigenvalue weighted by Gasteiger charge is 2.22. The van der Waals surface area contributed by atoms with Crippen LogP contribution >= 0.6 is 0 Å². The number of hydrogen-bond acceptors (Lipinski definition) is 4. The smallest absolute Gasteiger partial charge is 0.326 e. The fourth-order valence-electron chi connectivity index (χ4n) is 1.86. The summed E-state index contributed by atoms with van der Waals surface area (Å²) in [7, 11) is 0. The minimum atomic E-state index is -1.12. The maximum atomic E-state index is 11.9. The fourth-order valence-corrected chi connectivity index (χ4v) is 1.86. The summed E-state index contributed by atoms with van der Waals surface area (Å²) < 4.78 is 0. The first-order chi connectivity index (χ1) is 9.97. The fraction of sp³-hybridized carbons (Fsp3) is 0.333. The highest BCUT2D eigenvalue weighted by atomic mass is 16.4. The molecule has 2 amide bonds. The van der Waals surface area contributed by atoms with Crippen molar-refractivity contribution in [2.45, 2.75) is 26.3 Å². The lowest BCUT2D eigenvalue weighted by Gasteiger charge is -2.14. The molecular formula is C12H16N6O3. The number of imidazole rings is 1. The van der Waals surface area contributed by atoms with Crippen molar-refractivity contribution in [2.75, 3.05) is 5.32 Å². The molecule has 0 fully saturated rings. The van der Waals surface area contributed by atoms with Crippen LogP contribution in [0, 0.1) is 13.8 Å². The molecule has 2 aromatic rings. The average molecular weight is 292 g/mol. The van der Waals surface area contributed by atoms with Crippen molar-refractivity contribution in [3.63, 3.8) is 0 Å². The number of aliphatic carboxylic acids is 1. The number of amides is 2. The van der Waals surface area contributed by atoms with Gasteiger partial charge in [-0.1, -0.05) is 0 Å². The minimum absolute atomic E-state index is 0.117. The van der Waals surface area contributed by atoms with E-state index >= 15 is 0 Å². The van der Waals surface area contributed by atoms with E-state index in [2.05, 4.69) is 30.8 Å². The van der Waals surface area contributed by atoms with Crippen molar-refractivity contribution in [3.8, 4) is 0 Å². The van der Waals surface area contributed by atoms with Crippen LogP contribution in [0.25, 0.3) is 0 Å². The molecule has 0 bridgehead atoms. The molecular weight excluding hydrogens is 276 g/mol. The van der Waals surface area contributed by atoms with E-state index in [9.17, 15) is 9.59 Å². The SMILES string of the molecule is Cc1n[nH]c(C)c1NC(=O)N[C@@H](Cc1cnc[nH]1)C(=O)O. The Kier molecular flexibility index (Phi) is 4.21. The van der Waals surface area contributed by atoms with Crippen molar-refractivity contribution in [1.82, 2.24) is 25.5 Å². The Labute approximate surface area is 120 Å². The molecule has 1 atom stereocenters. The molecule has 0 saturated carbocycles. The zero-order valence-corrected chi connectivity index (χ0v) is 11.6. The molecule has 2 rings (SSSR count). The largest absolute Gasteiger partial charge is 0.480 e. The Morgan fingerprint density at radius 1 is 1.43 bits per heavy atom. The Morgan fingerprint density at radius 2 is 2.19 bits per heavy atom. The number of aryl methyl sites for hydroxylation is 2. The minimum Gasteiger partial charge on any atom is -0.480 e. The molecule has 0 radical (unpaired) electrons. The summed E-state index contributed by atoms with van der Waals surface area (Å²) in [5.74, 6) is -1.12. The third kappa shape index (κ3) is 3.59. The lowest BCUT2D eigenvalue weighted by molar-refractivity contribution is -0.139. The van der Waals surface area contributed by atoms with E-state index in [0.29, 0.717) is 22.8 Å². The first-order valence-corrected chi connectivity index (χ1v) is 6.26. The Balaban J connectivity index is 2.00. The summed E-state index contributed by atoms with van der Waals surface area (Å²) in [5, 5.41) is 20.8. The predicted octanol–water partition coefficient (Wildman–Crippen LogP) is 0.567. The third-order valence-electron chi connectivity index (χ3n) is 2.95. The molecule has 21 heavy (non-hydrogen) atoms. The normalized spacial score (nSPS) is 11.9. The summed E-state index contributed by atoms with van der Waals surface area (Å²) in [6.45, 7) is 3.49. The van der Waals surface area contributed by atoms with Gasteiger partial charge in [0.2, 0.25) is 0 Å². The molecule has 0 aliphatic carbocycles. The predicted molar refractivity (Wildman–Crippen MR) is 73.9 cm³/mol. The Morgan fingerprint density at radius 3 is 2.71 bits per heavy atom. The quantitative estimate of drug-likeness (QED) is 0.549. The number of carbonyl (C=O) groups excluding carboxylic acids is 1. The highest BCUT2D eigenvalue weighted by Crippen LogP contribution is 2.15. The molecule has 9 heteroatoms. The molecule has 0 unspecified atom stereocenters. The van der Waals surface area contributed by atoms with Crippen LogP contribution in [-0.4, -0.2) is 43.3 Å². The lowest BCUT2D eigenvalue weighted by atomic mass is 10.1. The highest BCUT2D eigenvalue weighted by molar-refractivity contribution is 5.93. The number of nitrogens with one attached hydrogen (secondary N) is 4. The van der Waals surface area contributed by atoms with E-state index in [1.54, 1.807) is 13.8 Å². The van der Waals surface area contributed by atoms with Crippen LogP contribution in [0.1, 0.15) is 17.1 Å². The molecule has 0 aliphatic heterocycles. The van der Waals surface area contributed by atoms with E-state index in [1.165, 1.54) is 12.5 Å². The summed E-state index contributed by atoms with van der Waals surface area (Å²) in [6.07, 6.45) is 3.08. The van der Waals surface area contributed by atoms with Crippen LogP contribution in [0.3, 0.4) is 0 Å². The van der Waals surface area contributed by atoms with Gasteiger partial charge in [0.15, 0.2) is 0 Å². The van der Waals surface area contributed by atoms with Gasteiger partial charge in [0, 0.05) is 18.3 Å². The van der Waals surface area contributed by atoms with Crippen molar-refractivity contribution >= 4 is 17.7 Å². The maximum Gasteiger partial charge on any atom is 0.326 e. The molecule has 112 valence electrons. The van der Waals surface area contributed by atoms with Gasteiger partial charge in [0.1, 0.15) is 6.04 Å². The molecule has 2 aromatic heterocycles. The van der Waals surface area contributed by atoms with Crippen molar-refractivity contribution in [3.05, 3.63) is 29.6 Å². The van der Waals surface area contributed by atoms with Gasteiger partial charge in [-0.15, -0.1) is 0 Å². The first kappa shape index (κ1) is 14.6. The average Bonchev–Trinajstić information content (AvgIpc) is 3.03. The molecule has 0 aliphatic rings. The van der Waals surface area contributed by atoms with Gasteiger partial charge in [-0.25, -0.2) is 14.6 Å². The van der Waals surface area contributed by atoms with Crippen LogP contribution in [0.4, 0.5) is 10.5 Å². The number of hydrogen-bond donors (Lipinski definition) is 5. The number of carboxylic acid groups (broad SMARTS) is 1. The number of aromatic amines is 2. The third-order valence-corrected chi connectivity index (χ3v) is 2.95. The molecule has 5 N–H and O–H groups in total. The summed E-state index contributed by atoms with van der Waals surface area (Å²) in [6, 6.07) is -1.66. The van der Waals surface area contributed by atoms with Crippen LogP contribution in [0.5, 0.6) is 0 Å². The topological polar surface area (TPSA) is 136 Å². The number of aromatic nitrogens is 4. The van der Waals surface area contributed by atoms with E-state index in [4.69, 9.17) is 5.11 Å². The van der Waals surface area contributed by atoms with Gasteiger partial charge in [0.25, 0.3) is 0 Å². The second kappa shape index (κ2) is 6.07. The second-order valence-electron chi connectivity index (χ2n) is 4.58. The number of nitrogens with zero attached hydrogens (tertiary/aromatic N) is 2. The van der Waals surface area contributed by atoms with E-state index in [1.807, 2.05) is 0 Å². The number of anilines is 1. The van der Waals surface area contributed by atoms with Gasteiger partial charge < -0.3 is 20.7 Å². The van der Waals surface area contributed by atoms with Gasteiger partial charge in [-0.3, -0.25) is 5.10 Å². The van der Waals surface area contributed by atoms with Gasteiger partial charge in [-0.2, -0.15) is 5.10 Å². The molecule has 0 aromatic carbocycles. The molecule has 2 heterocycles. The van der Waals surface area contributed by atoms with Crippen LogP contribution in [0.15, 0.2) is 12.5 Å². The monoisotopic (exact) mass is 292 g/mol. The van der Waals surface area contributed by atoms with Crippen molar-refractivity contribution in [1.29, 1.82) is 0 Å². The van der Waals surface area contributed by atoms with E-state index in [-0.39, 0.29) is 6.42 Å². The summed E-state index contributed by atoms with van der Waals surface area (Å²) in [4.78, 5) is 29.7. The van der Waals surface area contributed by atoms with Gasteiger partial charge in [-0.05, 0) is 13.8 Å². The first-order valence-electron chi connectivity index (χ1n) is 6.26. The van der Waals surface area contributed by atoms with Gasteiger partial charge in [0.05, 0.1) is 23.4 Å². The zero-order chi connectivity index (χ0) is 15.4. The van der Waals surface area contributed by atoms with E-state index in [0.717, 1.165) is 0 Å². The number of H-pyrrole nitrogens is 2. The van der Waals surface area contributed by atoms with Crippen molar-refractivity contribution in [2.24, 2.45) is 0 Å². The number of urea groups is 1. The molecule has 9 nitrogen and oxygen atoms in total. The van der Waals surface area contributed by atoms with Crippen LogP contribution in [-0.2, 0) is 11.2 Å². The summed E-state index contributed by atoms with van der Waals surface area (Å²) >= 11 is 0. The van der Waals surface area contributed by atoms with Crippen LogP contribution in [0.2, 0.25) is 0 Å². The number of carboxylic acids is 1.